The summed E-state index contributed by atoms with van der Waals surface area (Å²) in [6.07, 6.45) is 0.700. The van der Waals surface area contributed by atoms with E-state index >= 15 is 0 Å². The molecule has 2 aromatic carbocycles. The number of hydrogen-bond acceptors (Lipinski definition) is 3. The van der Waals surface area contributed by atoms with Crippen molar-refractivity contribution >= 4 is 12.3 Å². The third kappa shape index (κ3) is 2.59. The lowest BCUT2D eigenvalue weighted by atomic mass is 9.96. The smallest absolute Gasteiger partial charge is 0.338 e. The second kappa shape index (κ2) is 5.65. The maximum Gasteiger partial charge on any atom is 0.338 e. The molecule has 2 aromatic rings. The molecule has 102 valence electrons. The van der Waals surface area contributed by atoms with Crippen molar-refractivity contribution in [2.45, 2.75) is 6.92 Å². The van der Waals surface area contributed by atoms with E-state index in [0.717, 1.165) is 0 Å². The van der Waals surface area contributed by atoms with Crippen molar-refractivity contribution < 1.29 is 18.7 Å². The van der Waals surface area contributed by atoms with E-state index in [4.69, 9.17) is 4.74 Å². The first kappa shape index (κ1) is 13.9. The lowest BCUT2D eigenvalue weighted by molar-refractivity contribution is 0.0601. The minimum atomic E-state index is -0.542. The second-order valence-corrected chi connectivity index (χ2v) is 4.38. The molecule has 0 aliphatic carbocycles. The van der Waals surface area contributed by atoms with Gasteiger partial charge in [-0.25, -0.2) is 9.18 Å². The zero-order chi connectivity index (χ0) is 14.7. The van der Waals surface area contributed by atoms with Gasteiger partial charge in [-0.3, -0.25) is 4.79 Å². The van der Waals surface area contributed by atoms with E-state index in [2.05, 4.69) is 0 Å². The molecule has 0 spiro atoms. The van der Waals surface area contributed by atoms with E-state index in [-0.39, 0.29) is 5.56 Å². The Kier molecular flexibility index (Phi) is 3.94. The van der Waals surface area contributed by atoms with Gasteiger partial charge in [0.25, 0.3) is 0 Å². The first-order valence-electron chi connectivity index (χ1n) is 6.01. The summed E-state index contributed by atoms with van der Waals surface area (Å²) in [5.74, 6) is -0.955. The van der Waals surface area contributed by atoms with Gasteiger partial charge in [-0.2, -0.15) is 0 Å². The number of methoxy groups -OCH3 is 1. The van der Waals surface area contributed by atoms with Crippen molar-refractivity contribution in [1.29, 1.82) is 0 Å². The zero-order valence-electron chi connectivity index (χ0n) is 11.1. The number of halogens is 1. The minimum absolute atomic E-state index is 0.273. The highest BCUT2D eigenvalue weighted by atomic mass is 19.1. The highest BCUT2D eigenvalue weighted by molar-refractivity contribution is 5.98. The van der Waals surface area contributed by atoms with Crippen LogP contribution in [0.15, 0.2) is 36.4 Å². The first-order valence-corrected chi connectivity index (χ1v) is 6.01. The number of aryl methyl sites for hydroxylation is 1. The molecule has 0 saturated heterocycles. The molecule has 0 unspecified atom stereocenters. The van der Waals surface area contributed by atoms with Crippen molar-refractivity contribution in [1.82, 2.24) is 0 Å². The summed E-state index contributed by atoms with van der Waals surface area (Å²) in [5, 5.41) is 0. The van der Waals surface area contributed by atoms with Gasteiger partial charge >= 0.3 is 5.97 Å². The first-order chi connectivity index (χ1) is 9.56. The van der Waals surface area contributed by atoms with Gasteiger partial charge in [-0.15, -0.1) is 0 Å². The standard InChI is InChI=1S/C16H13FO3/c1-10-6-14(16(19)20-2)13(8-15(10)17)12-5-3-4-11(7-12)9-18/h3-9H,1-2H3. The summed E-state index contributed by atoms with van der Waals surface area (Å²) >= 11 is 0. The molecule has 3 nitrogen and oxygen atoms in total. The summed E-state index contributed by atoms with van der Waals surface area (Å²) in [6.45, 7) is 1.58. The van der Waals surface area contributed by atoms with Gasteiger partial charge in [-0.05, 0) is 41.8 Å². The van der Waals surface area contributed by atoms with Crippen LogP contribution in [0.3, 0.4) is 0 Å². The molecule has 0 aliphatic heterocycles. The molecule has 2 rings (SSSR count). The van der Waals surface area contributed by atoms with Crippen LogP contribution in [0.4, 0.5) is 4.39 Å². The van der Waals surface area contributed by atoms with Gasteiger partial charge in [-0.1, -0.05) is 18.2 Å². The van der Waals surface area contributed by atoms with Crippen molar-refractivity contribution in [2.24, 2.45) is 0 Å². The molecule has 0 radical (unpaired) electrons. The van der Waals surface area contributed by atoms with Crippen LogP contribution in [-0.2, 0) is 4.74 Å². The number of esters is 1. The third-order valence-corrected chi connectivity index (χ3v) is 3.04. The van der Waals surface area contributed by atoms with Crippen LogP contribution in [0.25, 0.3) is 11.1 Å². The largest absolute Gasteiger partial charge is 0.465 e. The van der Waals surface area contributed by atoms with Gasteiger partial charge < -0.3 is 4.74 Å². The molecule has 0 fully saturated rings. The van der Waals surface area contributed by atoms with Crippen LogP contribution in [0.1, 0.15) is 26.3 Å². The predicted octanol–water partition coefficient (Wildman–Crippen LogP) is 3.40. The van der Waals surface area contributed by atoms with Gasteiger partial charge in [0.15, 0.2) is 0 Å². The van der Waals surface area contributed by atoms with E-state index in [1.54, 1.807) is 31.2 Å². The van der Waals surface area contributed by atoms with Gasteiger partial charge in [0.05, 0.1) is 12.7 Å². The van der Waals surface area contributed by atoms with Gasteiger partial charge in [0, 0.05) is 5.56 Å². The summed E-state index contributed by atoms with van der Waals surface area (Å²) in [6, 6.07) is 9.36. The average molecular weight is 272 g/mol. The second-order valence-electron chi connectivity index (χ2n) is 4.38. The average Bonchev–Trinajstić information content (AvgIpc) is 2.48. The summed E-state index contributed by atoms with van der Waals surface area (Å²) in [4.78, 5) is 22.6. The zero-order valence-corrected chi connectivity index (χ0v) is 11.1. The Morgan fingerprint density at radius 2 is 2.00 bits per heavy atom. The summed E-state index contributed by atoms with van der Waals surface area (Å²) < 4.78 is 18.5. The summed E-state index contributed by atoms with van der Waals surface area (Å²) in [5.41, 5.74) is 2.09. The third-order valence-electron chi connectivity index (χ3n) is 3.04. The van der Waals surface area contributed by atoms with E-state index in [0.29, 0.717) is 28.5 Å². The van der Waals surface area contributed by atoms with Crippen LogP contribution in [0.5, 0.6) is 0 Å². The minimum Gasteiger partial charge on any atom is -0.465 e. The molecule has 4 heteroatoms. The lowest BCUT2D eigenvalue weighted by Gasteiger charge is -2.10. The van der Waals surface area contributed by atoms with Crippen LogP contribution in [0, 0.1) is 12.7 Å². The number of carbonyl (C=O) groups is 2. The number of hydrogen-bond donors (Lipinski definition) is 0. The van der Waals surface area contributed by atoms with Crippen LogP contribution in [0.2, 0.25) is 0 Å². The lowest BCUT2D eigenvalue weighted by Crippen LogP contribution is -2.05. The van der Waals surface area contributed by atoms with Crippen molar-refractivity contribution in [3.05, 3.63) is 58.9 Å². The van der Waals surface area contributed by atoms with Gasteiger partial charge in [0.1, 0.15) is 12.1 Å². The normalized spacial score (nSPS) is 10.2. The quantitative estimate of drug-likeness (QED) is 0.635. The van der Waals surface area contributed by atoms with Crippen molar-refractivity contribution in [2.75, 3.05) is 7.11 Å². The monoisotopic (exact) mass is 272 g/mol. The maximum atomic E-state index is 13.8. The van der Waals surface area contributed by atoms with E-state index in [1.807, 2.05) is 0 Å². The fraction of sp³-hybridized carbons (Fsp3) is 0.125. The molecular weight excluding hydrogens is 259 g/mol. The molecule has 0 bridgehead atoms. The highest BCUT2D eigenvalue weighted by Crippen LogP contribution is 2.27. The number of aldehydes is 1. The molecule has 20 heavy (non-hydrogen) atoms. The molecule has 0 aliphatic rings. The number of ether oxygens (including phenoxy) is 1. The Morgan fingerprint density at radius 1 is 1.25 bits per heavy atom. The van der Waals surface area contributed by atoms with Crippen LogP contribution < -0.4 is 0 Å². The van der Waals surface area contributed by atoms with E-state index < -0.39 is 11.8 Å². The van der Waals surface area contributed by atoms with Crippen molar-refractivity contribution in [3.8, 4) is 11.1 Å². The number of benzene rings is 2. The Labute approximate surface area is 116 Å². The van der Waals surface area contributed by atoms with Crippen molar-refractivity contribution in [3.63, 3.8) is 0 Å². The topological polar surface area (TPSA) is 43.4 Å². The molecule has 0 saturated carbocycles. The number of rotatable bonds is 3. The predicted molar refractivity (Wildman–Crippen MR) is 73.3 cm³/mol. The van der Waals surface area contributed by atoms with Crippen LogP contribution in [-0.4, -0.2) is 19.4 Å². The molecule has 0 aromatic heterocycles. The van der Waals surface area contributed by atoms with E-state index in [1.165, 1.54) is 19.2 Å². The van der Waals surface area contributed by atoms with Gasteiger partial charge in [0.2, 0.25) is 0 Å². The Morgan fingerprint density at radius 3 is 2.65 bits per heavy atom. The fourth-order valence-corrected chi connectivity index (χ4v) is 1.98. The Bertz CT molecular complexity index is 677. The fourth-order valence-electron chi connectivity index (χ4n) is 1.98. The van der Waals surface area contributed by atoms with Crippen LogP contribution >= 0.6 is 0 Å². The Hall–Kier alpha value is -2.49. The SMILES string of the molecule is COC(=O)c1cc(C)c(F)cc1-c1cccc(C=O)c1. The maximum absolute atomic E-state index is 13.8. The highest BCUT2D eigenvalue weighted by Gasteiger charge is 2.16. The summed E-state index contributed by atoms with van der Waals surface area (Å²) in [7, 11) is 1.27. The molecule has 0 heterocycles. The molecule has 0 atom stereocenters. The molecular formula is C16H13FO3. The van der Waals surface area contributed by atoms with E-state index in [9.17, 15) is 14.0 Å². The Balaban J connectivity index is 2.67. The molecule has 0 amide bonds. The molecule has 0 N–H and O–H groups in total. The number of carbonyl (C=O) groups excluding carboxylic acids is 2.